The fourth-order valence-electron chi connectivity index (χ4n) is 4.01. The number of sulfonamides is 1. The molecule has 0 spiro atoms. The van der Waals surface area contributed by atoms with Crippen LogP contribution in [0.1, 0.15) is 24.8 Å². The molecule has 0 unspecified atom stereocenters. The maximum absolute atomic E-state index is 12.6. The highest BCUT2D eigenvalue weighted by Gasteiger charge is 2.20. The molecule has 11 nitrogen and oxygen atoms in total. The highest BCUT2D eigenvalue weighted by atomic mass is 32.2. The van der Waals surface area contributed by atoms with Crippen LogP contribution in [0.2, 0.25) is 0 Å². The number of nitrogens with zero attached hydrogens (tertiary/aromatic N) is 3. The van der Waals surface area contributed by atoms with Gasteiger partial charge in [0, 0.05) is 36.7 Å². The normalized spacial score (nSPS) is 14.0. The Hall–Kier alpha value is -3.76. The van der Waals surface area contributed by atoms with Gasteiger partial charge < -0.3 is 25.2 Å². The Morgan fingerprint density at radius 1 is 1.16 bits per heavy atom. The number of piperidine rings is 1. The number of hydrogen-bond donors (Lipinski definition) is 4. The smallest absolute Gasteiger partial charge is 0.244 e. The molecular formula is C26H30N6O5S. The van der Waals surface area contributed by atoms with Gasteiger partial charge in [0.05, 0.1) is 18.4 Å². The Kier molecular flexibility index (Phi) is 9.09. The van der Waals surface area contributed by atoms with Gasteiger partial charge in [0.2, 0.25) is 16.0 Å². The number of nitriles is 1. The molecule has 0 saturated carbocycles. The summed E-state index contributed by atoms with van der Waals surface area (Å²) in [6, 6.07) is 13.9. The van der Waals surface area contributed by atoms with Crippen LogP contribution in [0.25, 0.3) is 11.3 Å². The van der Waals surface area contributed by atoms with Gasteiger partial charge in [0.1, 0.15) is 28.6 Å². The van der Waals surface area contributed by atoms with E-state index in [0.29, 0.717) is 29.1 Å². The average Bonchev–Trinajstić information content (AvgIpc) is 2.94. The first-order chi connectivity index (χ1) is 18.4. The Labute approximate surface area is 221 Å². The first-order valence-corrected chi connectivity index (χ1v) is 13.7. The van der Waals surface area contributed by atoms with Crippen molar-refractivity contribution in [3.05, 3.63) is 54.2 Å². The number of methoxy groups -OCH3 is 1. The third-order valence-corrected chi connectivity index (χ3v) is 7.47. The van der Waals surface area contributed by atoms with E-state index in [1.54, 1.807) is 30.5 Å². The van der Waals surface area contributed by atoms with Crippen molar-refractivity contribution in [3.63, 3.8) is 0 Å². The van der Waals surface area contributed by atoms with E-state index in [4.69, 9.17) is 14.6 Å². The zero-order valence-corrected chi connectivity index (χ0v) is 21.8. The summed E-state index contributed by atoms with van der Waals surface area (Å²) in [5.74, 6) is 0.990. The van der Waals surface area contributed by atoms with Crippen molar-refractivity contribution in [1.29, 1.82) is 5.26 Å². The Bertz CT molecular complexity index is 1400. The van der Waals surface area contributed by atoms with Crippen LogP contribution in [0.15, 0.2) is 53.6 Å². The van der Waals surface area contributed by atoms with Crippen LogP contribution in [0.3, 0.4) is 0 Å². The van der Waals surface area contributed by atoms with Crippen molar-refractivity contribution in [1.82, 2.24) is 20.0 Å². The quantitative estimate of drug-likeness (QED) is 0.267. The third-order valence-electron chi connectivity index (χ3n) is 5.97. The second kappa shape index (κ2) is 12.7. The maximum Gasteiger partial charge on any atom is 0.244 e. The van der Waals surface area contributed by atoms with E-state index in [1.165, 1.54) is 19.2 Å². The molecule has 0 radical (unpaired) electrons. The predicted molar refractivity (Wildman–Crippen MR) is 142 cm³/mol. The molecule has 4 rings (SSSR count). The van der Waals surface area contributed by atoms with E-state index >= 15 is 0 Å². The van der Waals surface area contributed by atoms with Crippen molar-refractivity contribution in [2.24, 2.45) is 0 Å². The van der Waals surface area contributed by atoms with Gasteiger partial charge in [0.15, 0.2) is 0 Å². The highest BCUT2D eigenvalue weighted by Crippen LogP contribution is 2.30. The molecule has 2 aromatic carbocycles. The molecule has 2 heterocycles. The van der Waals surface area contributed by atoms with Gasteiger partial charge in [-0.15, -0.1) is 0 Å². The number of aliphatic hydroxyl groups excluding tert-OH is 1. The molecule has 4 N–H and O–H groups in total. The SMILES string of the molecule is COc1cc(Nc2nccc(-c3ccc(OC4CCNCC4)c(C#N)c3)n2)ccc1S(=O)(=O)NCCCO. The van der Waals surface area contributed by atoms with Crippen molar-refractivity contribution in [2.75, 3.05) is 38.7 Å². The predicted octanol–water partition coefficient (Wildman–Crippen LogP) is 2.56. The van der Waals surface area contributed by atoms with Crippen LogP contribution in [0, 0.1) is 11.3 Å². The standard InChI is InChI=1S/C26H30N6O5S/c1-36-24-16-20(4-6-25(24)38(34,35)30-10-2-14-33)31-26-29-13-9-22(32-26)18-3-5-23(19(15-18)17-27)37-21-7-11-28-12-8-21/h3-6,9,13,15-16,21,28,30,33H,2,7-8,10-12,14H2,1H3,(H,29,31,32). The minimum absolute atomic E-state index is 0.0195. The van der Waals surface area contributed by atoms with Crippen LogP contribution >= 0.6 is 0 Å². The molecule has 1 saturated heterocycles. The van der Waals surface area contributed by atoms with Crippen molar-refractivity contribution < 1.29 is 23.0 Å². The summed E-state index contributed by atoms with van der Waals surface area (Å²) in [6.45, 7) is 1.79. The highest BCUT2D eigenvalue weighted by molar-refractivity contribution is 7.89. The van der Waals surface area contributed by atoms with Crippen LogP contribution in [-0.2, 0) is 10.0 Å². The van der Waals surface area contributed by atoms with Gasteiger partial charge >= 0.3 is 0 Å². The largest absolute Gasteiger partial charge is 0.495 e. The lowest BCUT2D eigenvalue weighted by atomic mass is 10.1. The molecular weight excluding hydrogens is 508 g/mol. The summed E-state index contributed by atoms with van der Waals surface area (Å²) in [7, 11) is -2.43. The lowest BCUT2D eigenvalue weighted by molar-refractivity contribution is 0.162. The van der Waals surface area contributed by atoms with E-state index in [-0.39, 0.29) is 35.8 Å². The second-order valence-electron chi connectivity index (χ2n) is 8.62. The van der Waals surface area contributed by atoms with E-state index in [9.17, 15) is 13.7 Å². The van der Waals surface area contributed by atoms with Gasteiger partial charge in [-0.3, -0.25) is 0 Å². The fraction of sp³-hybridized carbons (Fsp3) is 0.346. The minimum Gasteiger partial charge on any atom is -0.495 e. The van der Waals surface area contributed by atoms with E-state index in [1.807, 2.05) is 6.07 Å². The van der Waals surface area contributed by atoms with Crippen LogP contribution in [-0.4, -0.2) is 62.9 Å². The van der Waals surface area contributed by atoms with Crippen molar-refractivity contribution in [2.45, 2.75) is 30.3 Å². The van der Waals surface area contributed by atoms with Crippen molar-refractivity contribution >= 4 is 21.7 Å². The number of rotatable bonds is 11. The number of benzene rings is 2. The van der Waals surface area contributed by atoms with Crippen molar-refractivity contribution in [3.8, 4) is 28.8 Å². The lowest BCUT2D eigenvalue weighted by Gasteiger charge is -2.24. The first-order valence-electron chi connectivity index (χ1n) is 12.2. The summed E-state index contributed by atoms with van der Waals surface area (Å²) < 4.78 is 39.0. The molecule has 1 fully saturated rings. The molecule has 0 aliphatic carbocycles. The molecule has 0 atom stereocenters. The van der Waals surface area contributed by atoms with Gasteiger partial charge in [0.25, 0.3) is 0 Å². The molecule has 0 bridgehead atoms. The first kappa shape index (κ1) is 27.3. The maximum atomic E-state index is 12.6. The second-order valence-corrected chi connectivity index (χ2v) is 10.4. The molecule has 1 aliphatic rings. The number of aromatic nitrogens is 2. The summed E-state index contributed by atoms with van der Waals surface area (Å²) in [5.41, 5.74) is 2.30. The van der Waals surface area contributed by atoms with Gasteiger partial charge in [-0.25, -0.2) is 23.1 Å². The molecule has 12 heteroatoms. The number of anilines is 2. The summed E-state index contributed by atoms with van der Waals surface area (Å²) in [6.07, 6.45) is 3.77. The van der Waals surface area contributed by atoms with Gasteiger partial charge in [-0.05, 0) is 68.8 Å². The lowest BCUT2D eigenvalue weighted by Crippen LogP contribution is -2.34. The zero-order chi connectivity index (χ0) is 27.0. The van der Waals surface area contributed by atoms with Gasteiger partial charge in [-0.1, -0.05) is 0 Å². The summed E-state index contributed by atoms with van der Waals surface area (Å²) >= 11 is 0. The average molecular weight is 539 g/mol. The third kappa shape index (κ3) is 6.76. The molecule has 0 amide bonds. The Morgan fingerprint density at radius 2 is 1.97 bits per heavy atom. The Morgan fingerprint density at radius 3 is 2.71 bits per heavy atom. The van der Waals surface area contributed by atoms with E-state index in [0.717, 1.165) is 31.5 Å². The number of hydrogen-bond acceptors (Lipinski definition) is 10. The molecule has 3 aromatic rings. The number of ether oxygens (including phenoxy) is 2. The van der Waals surface area contributed by atoms with E-state index < -0.39 is 10.0 Å². The van der Waals surface area contributed by atoms with Crippen LogP contribution in [0.4, 0.5) is 11.6 Å². The molecule has 200 valence electrons. The fourth-order valence-corrected chi connectivity index (χ4v) is 5.23. The summed E-state index contributed by atoms with van der Waals surface area (Å²) in [4.78, 5) is 8.80. The minimum atomic E-state index is -3.81. The molecule has 1 aromatic heterocycles. The number of aliphatic hydroxyl groups is 1. The molecule has 1 aliphatic heterocycles. The Balaban J connectivity index is 1.52. The number of nitrogens with one attached hydrogen (secondary N) is 3. The van der Waals surface area contributed by atoms with E-state index in [2.05, 4.69) is 31.4 Å². The van der Waals surface area contributed by atoms with Crippen LogP contribution in [0.5, 0.6) is 11.5 Å². The molecule has 38 heavy (non-hydrogen) atoms. The topological polar surface area (TPSA) is 158 Å². The van der Waals surface area contributed by atoms with Crippen LogP contribution < -0.4 is 24.8 Å². The zero-order valence-electron chi connectivity index (χ0n) is 21.0. The van der Waals surface area contributed by atoms with Gasteiger partial charge in [-0.2, -0.15) is 5.26 Å². The summed E-state index contributed by atoms with van der Waals surface area (Å²) in [5, 5.41) is 25.0. The monoisotopic (exact) mass is 538 g/mol.